The van der Waals surface area contributed by atoms with Crippen molar-refractivity contribution in [3.63, 3.8) is 0 Å². The molecule has 140 valence electrons. The molecule has 0 radical (unpaired) electrons. The van der Waals surface area contributed by atoms with E-state index in [4.69, 9.17) is 5.10 Å². The Kier molecular flexibility index (Phi) is 4.65. The molecule has 27 heavy (non-hydrogen) atoms. The molecule has 1 N–H and O–H groups in total. The van der Waals surface area contributed by atoms with E-state index < -0.39 is 0 Å². The molecule has 0 saturated carbocycles. The molecule has 0 unspecified atom stereocenters. The first-order valence-corrected chi connectivity index (χ1v) is 9.76. The first-order chi connectivity index (χ1) is 13.0. The second-order valence-corrected chi connectivity index (χ2v) is 7.71. The number of benzene rings is 2. The van der Waals surface area contributed by atoms with Crippen LogP contribution in [0, 0.1) is 13.8 Å². The number of anilines is 2. The number of nitrogens with zero attached hydrogens (tertiary/aromatic N) is 3. The van der Waals surface area contributed by atoms with Gasteiger partial charge >= 0.3 is 0 Å². The molecule has 2 aromatic carbocycles. The van der Waals surface area contributed by atoms with Gasteiger partial charge in [0.05, 0.1) is 11.4 Å². The van der Waals surface area contributed by atoms with Crippen molar-refractivity contribution < 1.29 is 0 Å². The average Bonchev–Trinajstić information content (AvgIpc) is 2.83. The molecule has 2 heterocycles. The molecule has 0 bridgehead atoms. The van der Waals surface area contributed by atoms with Crippen LogP contribution in [0.5, 0.6) is 0 Å². The van der Waals surface area contributed by atoms with Crippen LogP contribution in [-0.4, -0.2) is 30.4 Å². The van der Waals surface area contributed by atoms with E-state index in [1.807, 2.05) is 0 Å². The van der Waals surface area contributed by atoms with Crippen LogP contribution in [0.1, 0.15) is 29.5 Å². The van der Waals surface area contributed by atoms with E-state index in [9.17, 15) is 0 Å². The number of hydrogen-bond donors (Lipinski definition) is 1. The lowest BCUT2D eigenvalue weighted by molar-refractivity contribution is 0.779. The summed E-state index contributed by atoms with van der Waals surface area (Å²) in [5, 5.41) is 8.75. The minimum absolute atomic E-state index is 1.00. The van der Waals surface area contributed by atoms with E-state index in [2.05, 4.69) is 85.3 Å². The highest BCUT2D eigenvalue weighted by Gasteiger charge is 2.22. The van der Waals surface area contributed by atoms with E-state index in [0.29, 0.717) is 0 Å². The molecular formula is C23H28N4. The number of hydrogen-bond acceptors (Lipinski definition) is 3. The highest BCUT2D eigenvalue weighted by Crippen LogP contribution is 2.35. The van der Waals surface area contributed by atoms with Crippen LogP contribution in [-0.2, 0) is 6.42 Å². The van der Waals surface area contributed by atoms with Crippen molar-refractivity contribution in [3.8, 4) is 16.9 Å². The maximum absolute atomic E-state index is 5.10. The molecule has 4 heteroatoms. The predicted octanol–water partition coefficient (Wildman–Crippen LogP) is 4.97. The highest BCUT2D eigenvalue weighted by atomic mass is 15.3. The van der Waals surface area contributed by atoms with Gasteiger partial charge in [-0.2, -0.15) is 5.10 Å². The second kappa shape index (κ2) is 7.10. The van der Waals surface area contributed by atoms with Crippen LogP contribution < -0.4 is 10.2 Å². The zero-order valence-corrected chi connectivity index (χ0v) is 16.7. The molecule has 0 spiro atoms. The maximum Gasteiger partial charge on any atom is 0.133 e. The molecule has 4 rings (SSSR count). The van der Waals surface area contributed by atoms with Gasteiger partial charge in [0, 0.05) is 37.5 Å². The topological polar surface area (TPSA) is 33.1 Å². The summed E-state index contributed by atoms with van der Waals surface area (Å²) >= 11 is 0. The van der Waals surface area contributed by atoms with Gasteiger partial charge in [-0.3, -0.25) is 0 Å². The van der Waals surface area contributed by atoms with Crippen molar-refractivity contribution in [2.45, 2.75) is 33.1 Å². The van der Waals surface area contributed by atoms with Crippen molar-refractivity contribution in [3.05, 3.63) is 59.2 Å². The Balaban J connectivity index is 1.91. The average molecular weight is 361 g/mol. The van der Waals surface area contributed by atoms with Crippen LogP contribution in [0.25, 0.3) is 16.9 Å². The van der Waals surface area contributed by atoms with Crippen molar-refractivity contribution in [2.75, 3.05) is 30.9 Å². The van der Waals surface area contributed by atoms with Gasteiger partial charge in [-0.15, -0.1) is 0 Å². The summed E-state index contributed by atoms with van der Waals surface area (Å²) < 4.78 is 2.12. The normalized spacial score (nSPS) is 13.6. The monoisotopic (exact) mass is 360 g/mol. The van der Waals surface area contributed by atoms with Gasteiger partial charge < -0.3 is 10.2 Å². The molecule has 4 nitrogen and oxygen atoms in total. The van der Waals surface area contributed by atoms with Gasteiger partial charge in [0.1, 0.15) is 5.82 Å². The van der Waals surface area contributed by atoms with Crippen LogP contribution >= 0.6 is 0 Å². The van der Waals surface area contributed by atoms with Crippen molar-refractivity contribution >= 4 is 11.5 Å². The Morgan fingerprint density at radius 1 is 1.04 bits per heavy atom. The zero-order chi connectivity index (χ0) is 19.0. The third kappa shape index (κ3) is 3.32. The van der Waals surface area contributed by atoms with Crippen molar-refractivity contribution in [2.24, 2.45) is 0 Å². The molecule has 1 aliphatic heterocycles. The summed E-state index contributed by atoms with van der Waals surface area (Å²) in [5.74, 6) is 1.16. The standard InChI is InChI=1S/C23H28N4/c1-16-11-12-21(17(2)14-16)27-23-20(10-5-6-13-24-23)22(25-27)18-8-7-9-19(15-18)26(3)4/h7-9,11-12,14-15,24H,5-6,10,13H2,1-4H3. The third-order valence-electron chi connectivity index (χ3n) is 5.35. The van der Waals surface area contributed by atoms with Gasteiger partial charge in [-0.25, -0.2) is 4.68 Å². The summed E-state index contributed by atoms with van der Waals surface area (Å²) in [6.07, 6.45) is 3.45. The Morgan fingerprint density at radius 3 is 2.67 bits per heavy atom. The van der Waals surface area contributed by atoms with E-state index in [1.54, 1.807) is 0 Å². The molecule has 3 aromatic rings. The lowest BCUT2D eigenvalue weighted by atomic mass is 10.0. The van der Waals surface area contributed by atoms with Gasteiger partial charge in [0.25, 0.3) is 0 Å². The fourth-order valence-corrected chi connectivity index (χ4v) is 3.88. The Morgan fingerprint density at radius 2 is 1.89 bits per heavy atom. The Bertz CT molecular complexity index is 969. The minimum Gasteiger partial charge on any atom is -0.378 e. The molecular weight excluding hydrogens is 332 g/mol. The molecule has 0 fully saturated rings. The maximum atomic E-state index is 5.10. The van der Waals surface area contributed by atoms with E-state index in [0.717, 1.165) is 30.2 Å². The number of nitrogens with one attached hydrogen (secondary N) is 1. The number of aromatic nitrogens is 2. The first-order valence-electron chi connectivity index (χ1n) is 9.76. The van der Waals surface area contributed by atoms with Crippen LogP contribution in [0.15, 0.2) is 42.5 Å². The fraction of sp³-hybridized carbons (Fsp3) is 0.348. The van der Waals surface area contributed by atoms with Gasteiger partial charge in [-0.1, -0.05) is 29.8 Å². The predicted molar refractivity (Wildman–Crippen MR) is 114 cm³/mol. The van der Waals surface area contributed by atoms with E-state index in [1.165, 1.54) is 40.8 Å². The van der Waals surface area contributed by atoms with E-state index >= 15 is 0 Å². The van der Waals surface area contributed by atoms with Gasteiger partial charge in [0.15, 0.2) is 0 Å². The van der Waals surface area contributed by atoms with Crippen LogP contribution in [0.2, 0.25) is 0 Å². The smallest absolute Gasteiger partial charge is 0.133 e. The number of fused-ring (bicyclic) bond motifs is 1. The number of aryl methyl sites for hydroxylation is 2. The van der Waals surface area contributed by atoms with E-state index in [-0.39, 0.29) is 0 Å². The van der Waals surface area contributed by atoms with Crippen molar-refractivity contribution in [1.29, 1.82) is 0 Å². The lowest BCUT2D eigenvalue weighted by Gasteiger charge is -2.13. The Labute approximate surface area is 161 Å². The molecule has 0 amide bonds. The highest BCUT2D eigenvalue weighted by molar-refractivity contribution is 5.74. The fourth-order valence-electron chi connectivity index (χ4n) is 3.88. The van der Waals surface area contributed by atoms with Crippen LogP contribution in [0.3, 0.4) is 0 Å². The summed E-state index contributed by atoms with van der Waals surface area (Å²) in [5.41, 5.74) is 8.50. The Hall–Kier alpha value is -2.75. The molecule has 0 atom stereocenters. The quantitative estimate of drug-likeness (QED) is 0.716. The van der Waals surface area contributed by atoms with Gasteiger partial charge in [0.2, 0.25) is 0 Å². The molecule has 0 saturated heterocycles. The second-order valence-electron chi connectivity index (χ2n) is 7.71. The zero-order valence-electron chi connectivity index (χ0n) is 16.7. The summed E-state index contributed by atoms with van der Waals surface area (Å²) in [7, 11) is 4.16. The SMILES string of the molecule is Cc1ccc(-n2nc(-c3cccc(N(C)C)c3)c3c2NCCCC3)c(C)c1. The lowest BCUT2D eigenvalue weighted by Crippen LogP contribution is -2.08. The summed E-state index contributed by atoms with van der Waals surface area (Å²) in [6, 6.07) is 15.3. The third-order valence-corrected chi connectivity index (χ3v) is 5.35. The van der Waals surface area contributed by atoms with Crippen LogP contribution in [0.4, 0.5) is 11.5 Å². The largest absolute Gasteiger partial charge is 0.378 e. The summed E-state index contributed by atoms with van der Waals surface area (Å²) in [4.78, 5) is 2.14. The van der Waals surface area contributed by atoms with Gasteiger partial charge in [-0.05, 0) is 56.9 Å². The molecule has 0 aliphatic carbocycles. The number of rotatable bonds is 3. The molecule has 1 aliphatic rings. The molecule has 1 aromatic heterocycles. The minimum atomic E-state index is 1.00. The summed E-state index contributed by atoms with van der Waals surface area (Å²) in [6.45, 7) is 5.30. The first kappa shape index (κ1) is 17.7. The van der Waals surface area contributed by atoms with Crippen molar-refractivity contribution in [1.82, 2.24) is 9.78 Å².